The van der Waals surface area contributed by atoms with Crippen molar-refractivity contribution in [2.24, 2.45) is 0 Å². The Bertz CT molecular complexity index is 2560. The molecule has 10 heteroatoms. The van der Waals surface area contributed by atoms with Crippen molar-refractivity contribution in [3.05, 3.63) is 179 Å². The molecular formula is C72H98N4O6. The summed E-state index contributed by atoms with van der Waals surface area (Å²) in [5.74, 6) is 5.62. The number of hydrogen-bond acceptors (Lipinski definition) is 10. The fraction of sp³-hybridized carbons (Fsp3) is 0.500. The summed E-state index contributed by atoms with van der Waals surface area (Å²) in [5.41, 5.74) is 7.75. The predicted molar refractivity (Wildman–Crippen MR) is 336 cm³/mol. The van der Waals surface area contributed by atoms with Gasteiger partial charge in [-0.3, -0.25) is 19.6 Å². The molecule has 0 bridgehead atoms. The summed E-state index contributed by atoms with van der Waals surface area (Å²) in [6, 6.07) is 51.3. The summed E-state index contributed by atoms with van der Waals surface area (Å²) in [6.07, 6.45) is 12.2. The van der Waals surface area contributed by atoms with Crippen LogP contribution in [0.2, 0.25) is 0 Å². The van der Waals surface area contributed by atoms with Crippen molar-refractivity contribution in [3.63, 3.8) is 0 Å². The van der Waals surface area contributed by atoms with Gasteiger partial charge >= 0.3 is 0 Å². The summed E-state index contributed by atoms with van der Waals surface area (Å²) in [5, 5.41) is 0. The summed E-state index contributed by atoms with van der Waals surface area (Å²) < 4.78 is 38.3. The van der Waals surface area contributed by atoms with Gasteiger partial charge in [0.2, 0.25) is 0 Å². The van der Waals surface area contributed by atoms with Gasteiger partial charge in [0.15, 0.2) is 0 Å². The van der Waals surface area contributed by atoms with Gasteiger partial charge in [-0.25, -0.2) is 0 Å². The lowest BCUT2D eigenvalue weighted by Gasteiger charge is -2.27. The van der Waals surface area contributed by atoms with Crippen LogP contribution in [0.15, 0.2) is 146 Å². The number of fused-ring (bicyclic) bond motifs is 4. The number of para-hydroxylation sites is 4. The van der Waals surface area contributed by atoms with Gasteiger partial charge in [-0.1, -0.05) is 177 Å². The van der Waals surface area contributed by atoms with E-state index < -0.39 is 0 Å². The molecule has 0 aromatic heterocycles. The average Bonchev–Trinajstić information content (AvgIpc) is 3.56. The number of unbranched alkanes of at least 4 members (excludes halogenated alkanes) is 7. The van der Waals surface area contributed by atoms with E-state index in [2.05, 4.69) is 207 Å². The molecule has 6 aromatic carbocycles. The van der Waals surface area contributed by atoms with Crippen LogP contribution in [0.25, 0.3) is 0 Å². The summed E-state index contributed by atoms with van der Waals surface area (Å²) in [4.78, 5) is 10.4. The van der Waals surface area contributed by atoms with E-state index in [1.807, 2.05) is 0 Å². The van der Waals surface area contributed by atoms with E-state index in [9.17, 15) is 0 Å². The van der Waals surface area contributed by atoms with Gasteiger partial charge in [0.25, 0.3) is 0 Å². The van der Waals surface area contributed by atoms with E-state index >= 15 is 0 Å². The Morgan fingerprint density at radius 1 is 0.329 bits per heavy atom. The van der Waals surface area contributed by atoms with Gasteiger partial charge in [0.05, 0.1) is 0 Å². The van der Waals surface area contributed by atoms with Gasteiger partial charge in [-0.2, -0.15) is 0 Å². The minimum atomic E-state index is 0.114. The van der Waals surface area contributed by atoms with Gasteiger partial charge < -0.3 is 28.4 Å². The van der Waals surface area contributed by atoms with E-state index in [1.54, 1.807) is 0 Å². The Morgan fingerprint density at radius 2 is 0.598 bits per heavy atom. The third-order valence-corrected chi connectivity index (χ3v) is 16.1. The van der Waals surface area contributed by atoms with Crippen LogP contribution in [0.1, 0.15) is 139 Å². The topological polar surface area (TPSA) is 68.3 Å². The normalized spacial score (nSPS) is 16.1. The Hall–Kier alpha value is -6.04. The summed E-state index contributed by atoms with van der Waals surface area (Å²) in [7, 11) is 0. The number of rotatable bonds is 19. The Morgan fingerprint density at radius 3 is 0.890 bits per heavy atom. The number of benzene rings is 6. The van der Waals surface area contributed by atoms with Gasteiger partial charge in [-0.05, 0) is 135 Å². The predicted octanol–water partition coefficient (Wildman–Crippen LogP) is 15.2. The van der Waals surface area contributed by atoms with E-state index in [0.717, 1.165) is 126 Å². The fourth-order valence-electron chi connectivity index (χ4n) is 11.2. The van der Waals surface area contributed by atoms with E-state index in [1.165, 1.54) is 84.7 Å². The third kappa shape index (κ3) is 21.0. The second-order valence-electron chi connectivity index (χ2n) is 24.7. The molecule has 0 N–H and O–H groups in total. The van der Waals surface area contributed by atoms with Crippen molar-refractivity contribution in [2.75, 3.05) is 92.0 Å². The van der Waals surface area contributed by atoms with E-state index in [0.29, 0.717) is 39.6 Å². The van der Waals surface area contributed by atoms with Crippen LogP contribution in [-0.2, 0) is 37.0 Å². The molecule has 0 unspecified atom stereocenters. The maximum absolute atomic E-state index is 6.41. The molecule has 6 aromatic rings. The maximum Gasteiger partial charge on any atom is 0.123 e. The molecule has 2 aliphatic rings. The summed E-state index contributed by atoms with van der Waals surface area (Å²) >= 11 is 0. The average molecular weight is 1120 g/mol. The second kappa shape index (κ2) is 32.7. The van der Waals surface area contributed by atoms with Crippen LogP contribution in [-0.4, -0.2) is 112 Å². The van der Waals surface area contributed by atoms with Crippen molar-refractivity contribution in [1.82, 2.24) is 19.6 Å². The van der Waals surface area contributed by atoms with E-state index in [4.69, 9.17) is 28.4 Å². The molecule has 0 spiro atoms. The number of nitrogens with zero attached hydrogens (tertiary/aromatic N) is 4. The van der Waals surface area contributed by atoms with Crippen LogP contribution >= 0.6 is 0 Å². The maximum atomic E-state index is 6.41. The fourth-order valence-corrected chi connectivity index (χ4v) is 11.2. The molecule has 0 saturated carbocycles. The zero-order chi connectivity index (χ0) is 57.2. The zero-order valence-corrected chi connectivity index (χ0v) is 50.9. The first-order valence-corrected chi connectivity index (χ1v) is 31.1. The van der Waals surface area contributed by atoms with Crippen molar-refractivity contribution in [2.45, 2.75) is 143 Å². The van der Waals surface area contributed by atoms with Crippen molar-refractivity contribution in [3.8, 4) is 34.5 Å². The summed E-state index contributed by atoms with van der Waals surface area (Å²) in [6.45, 7) is 27.9. The minimum Gasteiger partial charge on any atom is -0.492 e. The smallest absolute Gasteiger partial charge is 0.123 e. The van der Waals surface area contributed by atoms with Gasteiger partial charge in [0, 0.05) is 61.5 Å². The standard InChI is InChI=1S/C72H98N4O6/c1-71(2,3)63-33-37-65(38-34-63)77-49-47-75-45-23-43-73(55-59-25-13-17-29-67(59)79-51-53-81-69-31-19-15-27-61(69)57-75)41-21-11-9-7-8-10-12-22-42-74-44-24-46-76(48-50-78-66-39-35-64(36-40-66)72(4,5)6)58-62-28-16-20-32-70(62)82-54-52-80-68-30-18-14-26-60(68)56-74/h13-20,25-40H,7-12,21-24,41-58H2,1-6H3. The molecule has 0 saturated heterocycles. The molecule has 82 heavy (non-hydrogen) atoms. The molecule has 0 aliphatic carbocycles. The number of ether oxygens (including phenoxy) is 6. The Labute approximate surface area is 494 Å². The highest BCUT2D eigenvalue weighted by Crippen LogP contribution is 2.29. The first-order valence-electron chi connectivity index (χ1n) is 31.1. The molecule has 442 valence electrons. The molecule has 0 amide bonds. The van der Waals surface area contributed by atoms with Crippen LogP contribution in [0, 0.1) is 0 Å². The second-order valence-corrected chi connectivity index (χ2v) is 24.7. The van der Waals surface area contributed by atoms with Crippen molar-refractivity contribution < 1.29 is 28.4 Å². The highest BCUT2D eigenvalue weighted by Gasteiger charge is 2.19. The van der Waals surface area contributed by atoms with Crippen LogP contribution in [0.4, 0.5) is 0 Å². The van der Waals surface area contributed by atoms with Gasteiger partial charge in [0.1, 0.15) is 74.1 Å². The first kappa shape index (κ1) is 62.0. The minimum absolute atomic E-state index is 0.114. The van der Waals surface area contributed by atoms with Crippen molar-refractivity contribution in [1.29, 1.82) is 0 Å². The molecule has 8 rings (SSSR count). The largest absolute Gasteiger partial charge is 0.492 e. The highest BCUT2D eigenvalue weighted by atomic mass is 16.5. The Balaban J connectivity index is 0.803. The number of hydrogen-bond donors (Lipinski definition) is 0. The molecule has 0 radical (unpaired) electrons. The third-order valence-electron chi connectivity index (χ3n) is 16.1. The zero-order valence-electron chi connectivity index (χ0n) is 50.9. The molecule has 0 atom stereocenters. The van der Waals surface area contributed by atoms with E-state index in [-0.39, 0.29) is 10.8 Å². The molecule has 10 nitrogen and oxygen atoms in total. The Kier molecular flexibility index (Phi) is 24.7. The van der Waals surface area contributed by atoms with Crippen LogP contribution in [0.5, 0.6) is 34.5 Å². The lowest BCUT2D eigenvalue weighted by Crippen LogP contribution is -2.33. The first-order chi connectivity index (χ1) is 39.9. The molecular weight excluding hydrogens is 1020 g/mol. The monoisotopic (exact) mass is 1110 g/mol. The van der Waals surface area contributed by atoms with Crippen LogP contribution in [0.3, 0.4) is 0 Å². The van der Waals surface area contributed by atoms with Crippen LogP contribution < -0.4 is 28.4 Å². The van der Waals surface area contributed by atoms with Gasteiger partial charge in [-0.15, -0.1) is 0 Å². The lowest BCUT2D eigenvalue weighted by atomic mass is 9.87. The quantitative estimate of drug-likeness (QED) is 0.0733. The lowest BCUT2D eigenvalue weighted by molar-refractivity contribution is 0.182. The SMILES string of the molecule is CC(C)(C)c1ccc(OCCN2CCCN(CCCCCCCCCCN3CCCN(CCOc4ccc(C(C)(C)C)cc4)Cc4ccccc4OCCOc4ccccc4C3)Cc3ccccc3OCCOc3ccccc3C2)cc1. The highest BCUT2D eigenvalue weighted by molar-refractivity contribution is 5.37. The molecule has 2 heterocycles. The molecule has 0 fully saturated rings. The molecule has 2 aliphatic heterocycles. The van der Waals surface area contributed by atoms with Crippen molar-refractivity contribution >= 4 is 0 Å².